The summed E-state index contributed by atoms with van der Waals surface area (Å²) in [7, 11) is 0. The summed E-state index contributed by atoms with van der Waals surface area (Å²) >= 11 is 11.8. The van der Waals surface area contributed by atoms with Crippen molar-refractivity contribution in [3.05, 3.63) is 69.2 Å². The lowest BCUT2D eigenvalue weighted by atomic mass is 10.0. The number of benzene rings is 2. The quantitative estimate of drug-likeness (QED) is 0.742. The van der Waals surface area contributed by atoms with E-state index in [4.69, 9.17) is 23.2 Å². The molecule has 0 spiro atoms. The molecule has 2 aromatic carbocycles. The summed E-state index contributed by atoms with van der Waals surface area (Å²) < 4.78 is 0. The lowest BCUT2D eigenvalue weighted by Crippen LogP contribution is -2.03. The van der Waals surface area contributed by atoms with E-state index in [0.717, 1.165) is 5.56 Å². The van der Waals surface area contributed by atoms with Gasteiger partial charge in [-0.3, -0.25) is 4.79 Å². The van der Waals surface area contributed by atoms with Gasteiger partial charge in [0.05, 0.1) is 0 Å². The summed E-state index contributed by atoms with van der Waals surface area (Å²) in [5, 5.41) is 0.963. The zero-order valence-corrected chi connectivity index (χ0v) is 11.4. The zero-order chi connectivity index (χ0) is 13.1. The molecule has 0 saturated carbocycles. The Balaban J connectivity index is 2.19. The molecular weight excluding hydrogens is 267 g/mol. The van der Waals surface area contributed by atoms with Crippen molar-refractivity contribution >= 4 is 29.0 Å². The van der Waals surface area contributed by atoms with Crippen LogP contribution in [0.4, 0.5) is 0 Å². The van der Waals surface area contributed by atoms with Crippen molar-refractivity contribution < 1.29 is 4.79 Å². The Labute approximate surface area is 116 Å². The minimum atomic E-state index is 0.0169. The Kier molecular flexibility index (Phi) is 4.05. The highest BCUT2D eigenvalue weighted by Gasteiger charge is 2.09. The maximum Gasteiger partial charge on any atom is 0.167 e. The SMILES string of the molecule is Cc1ccc(CC(=O)c2cc(Cl)cc(Cl)c2)cc1. The molecule has 0 amide bonds. The standard InChI is InChI=1S/C15H12Cl2O/c1-10-2-4-11(5-3-10)6-15(18)12-7-13(16)9-14(17)8-12/h2-5,7-9H,6H2,1H3. The van der Waals surface area contributed by atoms with Crippen LogP contribution in [0.15, 0.2) is 42.5 Å². The summed E-state index contributed by atoms with van der Waals surface area (Å²) in [4.78, 5) is 12.1. The molecule has 2 rings (SSSR count). The predicted molar refractivity (Wildman–Crippen MR) is 75.7 cm³/mol. The molecule has 0 aliphatic rings. The van der Waals surface area contributed by atoms with E-state index in [9.17, 15) is 4.79 Å². The van der Waals surface area contributed by atoms with Gasteiger partial charge in [-0.15, -0.1) is 0 Å². The van der Waals surface area contributed by atoms with Crippen LogP contribution in [0.2, 0.25) is 10.0 Å². The molecule has 0 bridgehead atoms. The molecule has 0 aliphatic heterocycles. The number of carbonyl (C=O) groups is 1. The van der Waals surface area contributed by atoms with Gasteiger partial charge in [0.2, 0.25) is 0 Å². The lowest BCUT2D eigenvalue weighted by molar-refractivity contribution is 0.0993. The van der Waals surface area contributed by atoms with Crippen molar-refractivity contribution in [2.45, 2.75) is 13.3 Å². The number of aryl methyl sites for hydroxylation is 1. The maximum absolute atomic E-state index is 12.1. The molecule has 1 nitrogen and oxygen atoms in total. The number of rotatable bonds is 3. The van der Waals surface area contributed by atoms with Gasteiger partial charge in [-0.2, -0.15) is 0 Å². The largest absolute Gasteiger partial charge is 0.294 e. The number of Topliss-reactive ketones (excluding diaryl/α,β-unsaturated/α-hetero) is 1. The van der Waals surface area contributed by atoms with E-state index in [1.807, 2.05) is 31.2 Å². The maximum atomic E-state index is 12.1. The minimum absolute atomic E-state index is 0.0169. The number of hydrogen-bond acceptors (Lipinski definition) is 1. The first kappa shape index (κ1) is 13.1. The average Bonchev–Trinajstić information content (AvgIpc) is 2.31. The normalized spacial score (nSPS) is 10.4. The topological polar surface area (TPSA) is 17.1 Å². The number of carbonyl (C=O) groups excluding carboxylic acids is 1. The van der Waals surface area contributed by atoms with Crippen LogP contribution in [0, 0.1) is 6.92 Å². The van der Waals surface area contributed by atoms with E-state index in [2.05, 4.69) is 0 Å². The fourth-order valence-electron chi connectivity index (χ4n) is 1.71. The van der Waals surface area contributed by atoms with Crippen LogP contribution < -0.4 is 0 Å². The fourth-order valence-corrected chi connectivity index (χ4v) is 2.23. The van der Waals surface area contributed by atoms with E-state index in [1.165, 1.54) is 5.56 Å². The number of ketones is 1. The van der Waals surface area contributed by atoms with Crippen LogP contribution in [-0.4, -0.2) is 5.78 Å². The average molecular weight is 279 g/mol. The summed E-state index contributed by atoms with van der Waals surface area (Å²) in [6, 6.07) is 12.8. The van der Waals surface area contributed by atoms with E-state index in [0.29, 0.717) is 22.0 Å². The van der Waals surface area contributed by atoms with Gasteiger partial charge < -0.3 is 0 Å². The van der Waals surface area contributed by atoms with Gasteiger partial charge in [-0.25, -0.2) is 0 Å². The second kappa shape index (κ2) is 5.55. The molecule has 0 aromatic heterocycles. The Morgan fingerprint density at radius 2 is 1.56 bits per heavy atom. The highest BCUT2D eigenvalue weighted by Crippen LogP contribution is 2.20. The third-order valence-electron chi connectivity index (χ3n) is 2.67. The van der Waals surface area contributed by atoms with Crippen LogP contribution in [-0.2, 0) is 6.42 Å². The van der Waals surface area contributed by atoms with Crippen LogP contribution in [0.1, 0.15) is 21.5 Å². The first-order chi connectivity index (χ1) is 8.54. The molecular formula is C15H12Cl2O. The van der Waals surface area contributed by atoms with Gasteiger partial charge in [0.1, 0.15) is 0 Å². The molecule has 0 fully saturated rings. The van der Waals surface area contributed by atoms with E-state index in [-0.39, 0.29) is 5.78 Å². The zero-order valence-electron chi connectivity index (χ0n) is 9.91. The monoisotopic (exact) mass is 278 g/mol. The van der Waals surface area contributed by atoms with Gasteiger partial charge in [-0.05, 0) is 30.7 Å². The third-order valence-corrected chi connectivity index (χ3v) is 3.11. The first-order valence-corrected chi connectivity index (χ1v) is 6.35. The molecule has 0 heterocycles. The van der Waals surface area contributed by atoms with Crippen molar-refractivity contribution in [3.8, 4) is 0 Å². The minimum Gasteiger partial charge on any atom is -0.294 e. The second-order valence-corrected chi connectivity index (χ2v) is 5.12. The second-order valence-electron chi connectivity index (χ2n) is 4.24. The predicted octanol–water partition coefficient (Wildman–Crippen LogP) is 4.73. The first-order valence-electron chi connectivity index (χ1n) is 5.59. The molecule has 0 atom stereocenters. The van der Waals surface area contributed by atoms with Crippen molar-refractivity contribution in [1.82, 2.24) is 0 Å². The molecule has 0 saturated heterocycles. The molecule has 3 heteroatoms. The van der Waals surface area contributed by atoms with Crippen LogP contribution in [0.3, 0.4) is 0 Å². The lowest BCUT2D eigenvalue weighted by Gasteiger charge is -2.03. The van der Waals surface area contributed by atoms with E-state index in [1.54, 1.807) is 18.2 Å². The summed E-state index contributed by atoms with van der Waals surface area (Å²) in [6.07, 6.45) is 0.358. The van der Waals surface area contributed by atoms with Gasteiger partial charge in [0.25, 0.3) is 0 Å². The number of hydrogen-bond donors (Lipinski definition) is 0. The number of halogens is 2. The molecule has 2 aromatic rings. The molecule has 0 N–H and O–H groups in total. The molecule has 0 aliphatic carbocycles. The molecule has 92 valence electrons. The Bertz CT molecular complexity index is 553. The van der Waals surface area contributed by atoms with Gasteiger partial charge >= 0.3 is 0 Å². The van der Waals surface area contributed by atoms with Crippen molar-refractivity contribution in [1.29, 1.82) is 0 Å². The third kappa shape index (κ3) is 3.34. The van der Waals surface area contributed by atoms with Gasteiger partial charge in [0, 0.05) is 22.0 Å². The summed E-state index contributed by atoms with van der Waals surface area (Å²) in [5.41, 5.74) is 2.71. The van der Waals surface area contributed by atoms with Gasteiger partial charge in [-0.1, -0.05) is 53.0 Å². The highest BCUT2D eigenvalue weighted by molar-refractivity contribution is 6.35. The Hall–Kier alpha value is -1.31. The van der Waals surface area contributed by atoms with Crippen LogP contribution >= 0.6 is 23.2 Å². The van der Waals surface area contributed by atoms with Gasteiger partial charge in [0.15, 0.2) is 5.78 Å². The molecule has 18 heavy (non-hydrogen) atoms. The Morgan fingerprint density at radius 1 is 1.00 bits per heavy atom. The summed E-state index contributed by atoms with van der Waals surface area (Å²) in [5.74, 6) is 0.0169. The van der Waals surface area contributed by atoms with E-state index >= 15 is 0 Å². The van der Waals surface area contributed by atoms with Crippen molar-refractivity contribution in [2.75, 3.05) is 0 Å². The highest BCUT2D eigenvalue weighted by atomic mass is 35.5. The smallest absolute Gasteiger partial charge is 0.167 e. The van der Waals surface area contributed by atoms with Crippen molar-refractivity contribution in [2.24, 2.45) is 0 Å². The van der Waals surface area contributed by atoms with Crippen molar-refractivity contribution in [3.63, 3.8) is 0 Å². The van der Waals surface area contributed by atoms with E-state index < -0.39 is 0 Å². The fraction of sp³-hybridized carbons (Fsp3) is 0.133. The molecule has 0 radical (unpaired) electrons. The Morgan fingerprint density at radius 3 is 2.11 bits per heavy atom. The van der Waals surface area contributed by atoms with Crippen LogP contribution in [0.5, 0.6) is 0 Å². The summed E-state index contributed by atoms with van der Waals surface area (Å²) in [6.45, 7) is 2.02. The molecule has 0 unspecified atom stereocenters. The van der Waals surface area contributed by atoms with Crippen LogP contribution in [0.25, 0.3) is 0 Å².